The maximum absolute atomic E-state index is 12.3. The zero-order valence-electron chi connectivity index (χ0n) is 11.6. The number of hydrogen-bond donors (Lipinski definition) is 2. The number of rotatable bonds is 4. The lowest BCUT2D eigenvalue weighted by atomic mass is 9.86. The predicted molar refractivity (Wildman–Crippen MR) is 81.7 cm³/mol. The van der Waals surface area contributed by atoms with Gasteiger partial charge in [0.25, 0.3) is 5.91 Å². The molecular formula is C15H20BrNO3. The van der Waals surface area contributed by atoms with E-state index in [1.807, 2.05) is 0 Å². The molecule has 1 fully saturated rings. The summed E-state index contributed by atoms with van der Waals surface area (Å²) in [5.74, 6) is 0.735. The summed E-state index contributed by atoms with van der Waals surface area (Å²) >= 11 is 3.51. The summed E-state index contributed by atoms with van der Waals surface area (Å²) in [4.78, 5) is 12.3. The van der Waals surface area contributed by atoms with Crippen molar-refractivity contribution < 1.29 is 14.6 Å². The number of carbonyl (C=O) groups excluding carboxylic acids is 1. The maximum atomic E-state index is 12.3. The summed E-state index contributed by atoms with van der Waals surface area (Å²) in [6, 6.07) is 4.90. The largest absolute Gasteiger partial charge is 0.507 e. The van der Waals surface area contributed by atoms with Crippen molar-refractivity contribution in [3.8, 4) is 11.5 Å². The molecule has 0 aromatic heterocycles. The van der Waals surface area contributed by atoms with Crippen molar-refractivity contribution in [1.29, 1.82) is 0 Å². The van der Waals surface area contributed by atoms with Crippen molar-refractivity contribution in [3.05, 3.63) is 23.8 Å². The van der Waals surface area contributed by atoms with Gasteiger partial charge in [-0.2, -0.15) is 0 Å². The second kappa shape index (κ2) is 6.97. The Balaban J connectivity index is 2.07. The SMILES string of the molecule is COc1ccc(C(=O)NC2CCCCC2CBr)c(O)c1. The van der Waals surface area contributed by atoms with Crippen molar-refractivity contribution in [3.63, 3.8) is 0 Å². The molecular weight excluding hydrogens is 322 g/mol. The van der Waals surface area contributed by atoms with Crippen LogP contribution in [0, 0.1) is 5.92 Å². The summed E-state index contributed by atoms with van der Waals surface area (Å²) in [5.41, 5.74) is 0.296. The average Bonchev–Trinajstić information content (AvgIpc) is 2.47. The van der Waals surface area contributed by atoms with Gasteiger partial charge in [0.05, 0.1) is 12.7 Å². The lowest BCUT2D eigenvalue weighted by Crippen LogP contribution is -2.42. The summed E-state index contributed by atoms with van der Waals surface area (Å²) in [6.45, 7) is 0. The van der Waals surface area contributed by atoms with E-state index in [1.54, 1.807) is 12.1 Å². The Morgan fingerprint density at radius 2 is 2.20 bits per heavy atom. The fourth-order valence-electron chi connectivity index (χ4n) is 2.66. The molecule has 1 aromatic carbocycles. The van der Waals surface area contributed by atoms with Gasteiger partial charge in [0.15, 0.2) is 0 Å². The number of ether oxygens (including phenoxy) is 1. The standard InChI is InChI=1S/C15H20BrNO3/c1-20-11-6-7-12(14(18)8-11)15(19)17-13-5-3-2-4-10(13)9-16/h6-8,10,13,18H,2-5,9H2,1H3,(H,17,19). The molecule has 0 spiro atoms. The topological polar surface area (TPSA) is 58.6 Å². The highest BCUT2D eigenvalue weighted by atomic mass is 79.9. The van der Waals surface area contributed by atoms with Gasteiger partial charge in [-0.15, -0.1) is 0 Å². The maximum Gasteiger partial charge on any atom is 0.255 e. The molecule has 1 aliphatic rings. The van der Waals surface area contributed by atoms with Crippen LogP contribution in [0.3, 0.4) is 0 Å². The monoisotopic (exact) mass is 341 g/mol. The lowest BCUT2D eigenvalue weighted by Gasteiger charge is -2.31. The third-order valence-electron chi connectivity index (χ3n) is 3.87. The van der Waals surface area contributed by atoms with Crippen molar-refractivity contribution in [2.75, 3.05) is 12.4 Å². The van der Waals surface area contributed by atoms with Crippen LogP contribution in [0.1, 0.15) is 36.0 Å². The number of benzene rings is 1. The summed E-state index contributed by atoms with van der Waals surface area (Å²) in [7, 11) is 1.52. The molecule has 1 saturated carbocycles. The number of aromatic hydroxyl groups is 1. The number of phenols is 1. The van der Waals surface area contributed by atoms with Crippen molar-refractivity contribution in [2.45, 2.75) is 31.7 Å². The van der Waals surface area contributed by atoms with Crippen molar-refractivity contribution >= 4 is 21.8 Å². The highest BCUT2D eigenvalue weighted by molar-refractivity contribution is 9.09. The van der Waals surface area contributed by atoms with Gasteiger partial charge < -0.3 is 15.2 Å². The Morgan fingerprint density at radius 1 is 1.45 bits per heavy atom. The molecule has 1 aromatic rings. The number of alkyl halides is 1. The van der Waals surface area contributed by atoms with E-state index in [0.717, 1.165) is 24.6 Å². The first-order chi connectivity index (χ1) is 9.65. The molecule has 2 N–H and O–H groups in total. The van der Waals surface area contributed by atoms with E-state index in [1.165, 1.54) is 19.6 Å². The van der Waals surface area contributed by atoms with Gasteiger partial charge in [-0.25, -0.2) is 0 Å². The second-order valence-corrected chi connectivity index (χ2v) is 5.81. The van der Waals surface area contributed by atoms with Crippen molar-refractivity contribution in [1.82, 2.24) is 5.32 Å². The number of carbonyl (C=O) groups is 1. The van der Waals surface area contributed by atoms with Gasteiger partial charge in [0.2, 0.25) is 0 Å². The van der Waals surface area contributed by atoms with E-state index in [4.69, 9.17) is 4.74 Å². The highest BCUT2D eigenvalue weighted by Gasteiger charge is 2.26. The van der Waals surface area contributed by atoms with Gasteiger partial charge in [0.1, 0.15) is 11.5 Å². The van der Waals surface area contributed by atoms with E-state index < -0.39 is 0 Å². The third-order valence-corrected chi connectivity index (χ3v) is 4.70. The molecule has 1 aliphatic carbocycles. The minimum atomic E-state index is -0.219. The van der Waals surface area contributed by atoms with Gasteiger partial charge in [-0.1, -0.05) is 28.8 Å². The van der Waals surface area contributed by atoms with Crippen LogP contribution in [-0.4, -0.2) is 29.5 Å². The first kappa shape index (κ1) is 15.2. The third kappa shape index (κ3) is 3.45. The molecule has 0 saturated heterocycles. The van der Waals surface area contributed by atoms with Crippen LogP contribution in [0.25, 0.3) is 0 Å². The quantitative estimate of drug-likeness (QED) is 0.827. The molecule has 0 aliphatic heterocycles. The summed E-state index contributed by atoms with van der Waals surface area (Å²) in [6.07, 6.45) is 4.49. The molecule has 4 nitrogen and oxygen atoms in total. The van der Waals surface area contributed by atoms with Gasteiger partial charge in [0, 0.05) is 17.4 Å². The normalized spacial score (nSPS) is 22.3. The van der Waals surface area contributed by atoms with E-state index in [2.05, 4.69) is 21.2 Å². The molecule has 0 bridgehead atoms. The Morgan fingerprint density at radius 3 is 2.85 bits per heavy atom. The molecule has 2 unspecified atom stereocenters. The van der Waals surface area contributed by atoms with E-state index in [9.17, 15) is 9.90 Å². The van der Waals surface area contributed by atoms with Gasteiger partial charge in [-0.3, -0.25) is 4.79 Å². The number of halogens is 1. The first-order valence-corrected chi connectivity index (χ1v) is 8.01. The van der Waals surface area contributed by atoms with E-state index >= 15 is 0 Å². The average molecular weight is 342 g/mol. The Hall–Kier alpha value is -1.23. The van der Waals surface area contributed by atoms with Crippen LogP contribution in [-0.2, 0) is 0 Å². The molecule has 2 rings (SSSR count). The zero-order chi connectivity index (χ0) is 14.5. The Kier molecular flexibility index (Phi) is 5.29. The molecule has 2 atom stereocenters. The fourth-order valence-corrected chi connectivity index (χ4v) is 3.43. The van der Waals surface area contributed by atoms with Crippen LogP contribution < -0.4 is 10.1 Å². The highest BCUT2D eigenvalue weighted by Crippen LogP contribution is 2.27. The minimum absolute atomic E-state index is 0.0481. The van der Waals surface area contributed by atoms with Crippen LogP contribution in [0.15, 0.2) is 18.2 Å². The summed E-state index contributed by atoms with van der Waals surface area (Å²) < 4.78 is 5.02. The molecule has 20 heavy (non-hydrogen) atoms. The molecule has 1 amide bonds. The van der Waals surface area contributed by atoms with Gasteiger partial charge in [-0.05, 0) is 30.9 Å². The zero-order valence-corrected chi connectivity index (χ0v) is 13.1. The van der Waals surface area contributed by atoms with Crippen LogP contribution in [0.5, 0.6) is 11.5 Å². The van der Waals surface area contributed by atoms with Gasteiger partial charge >= 0.3 is 0 Å². The Bertz CT molecular complexity index is 478. The number of nitrogens with one attached hydrogen (secondary N) is 1. The second-order valence-electron chi connectivity index (χ2n) is 5.16. The van der Waals surface area contributed by atoms with Crippen molar-refractivity contribution in [2.24, 2.45) is 5.92 Å². The number of methoxy groups -OCH3 is 1. The minimum Gasteiger partial charge on any atom is -0.507 e. The number of hydrogen-bond acceptors (Lipinski definition) is 3. The van der Waals surface area contributed by atoms with Crippen LogP contribution in [0.2, 0.25) is 0 Å². The molecule has 0 heterocycles. The predicted octanol–water partition coefficient (Wildman–Crippen LogP) is 3.08. The summed E-state index contributed by atoms with van der Waals surface area (Å²) in [5, 5.41) is 13.8. The fraction of sp³-hybridized carbons (Fsp3) is 0.533. The molecule has 5 heteroatoms. The number of amides is 1. The van der Waals surface area contributed by atoms with E-state index in [0.29, 0.717) is 17.2 Å². The molecule has 110 valence electrons. The molecule has 0 radical (unpaired) electrons. The number of phenolic OH excluding ortho intramolecular Hbond substituents is 1. The smallest absolute Gasteiger partial charge is 0.255 e. The van der Waals surface area contributed by atoms with E-state index in [-0.39, 0.29) is 17.7 Å². The lowest BCUT2D eigenvalue weighted by molar-refractivity contribution is 0.0909. The van der Waals surface area contributed by atoms with Crippen LogP contribution >= 0.6 is 15.9 Å². The Labute approximate surface area is 127 Å². The van der Waals surface area contributed by atoms with Crippen LogP contribution in [0.4, 0.5) is 0 Å². The first-order valence-electron chi connectivity index (χ1n) is 6.89.